The number of carbonyl (C=O) groups is 1. The molecule has 1 N–H and O–H groups in total. The molecule has 0 spiro atoms. The van der Waals surface area contributed by atoms with Gasteiger partial charge in [-0.25, -0.2) is 0 Å². The topological polar surface area (TPSA) is 61.1 Å². The number of amides is 1. The van der Waals surface area contributed by atoms with Gasteiger partial charge in [0.05, 0.1) is 24.4 Å². The highest BCUT2D eigenvalue weighted by Crippen LogP contribution is 2.29. The number of nitrogens with zero attached hydrogens (tertiary/aromatic N) is 3. The number of fused-ring (bicyclic) bond motifs is 1. The van der Waals surface area contributed by atoms with Crippen molar-refractivity contribution in [2.75, 3.05) is 6.61 Å². The minimum absolute atomic E-state index is 0.0856. The van der Waals surface area contributed by atoms with Gasteiger partial charge >= 0.3 is 0 Å². The molecule has 0 fully saturated rings. The zero-order valence-corrected chi connectivity index (χ0v) is 16.3. The summed E-state index contributed by atoms with van der Waals surface area (Å²) in [5.74, 6) is 0.688. The van der Waals surface area contributed by atoms with E-state index in [9.17, 15) is 4.79 Å². The standard InChI is InChI=1S/C20H26N4O2/c1-7-26-15-8-9-18-16(10-15)19(14(4)23(18)5)20(25)22-12(2)17-11-21-24(6)13(17)3/h8-12H,7H2,1-6H3,(H,22,25). The van der Waals surface area contributed by atoms with Crippen LogP contribution in [0, 0.1) is 13.8 Å². The maximum absolute atomic E-state index is 13.1. The molecule has 0 saturated heterocycles. The normalized spacial score (nSPS) is 12.4. The van der Waals surface area contributed by atoms with Crippen LogP contribution in [-0.2, 0) is 14.1 Å². The third kappa shape index (κ3) is 2.96. The molecule has 1 aromatic carbocycles. The van der Waals surface area contributed by atoms with Crippen LogP contribution < -0.4 is 10.1 Å². The fourth-order valence-corrected chi connectivity index (χ4v) is 3.38. The average Bonchev–Trinajstić information content (AvgIpc) is 3.06. The van der Waals surface area contributed by atoms with Crippen molar-refractivity contribution in [2.24, 2.45) is 14.1 Å². The summed E-state index contributed by atoms with van der Waals surface area (Å²) in [6, 6.07) is 5.76. The van der Waals surface area contributed by atoms with Gasteiger partial charge in [-0.1, -0.05) is 0 Å². The smallest absolute Gasteiger partial charge is 0.254 e. The Balaban J connectivity index is 1.98. The van der Waals surface area contributed by atoms with Crippen LogP contribution in [0.3, 0.4) is 0 Å². The maximum atomic E-state index is 13.1. The molecule has 0 aliphatic rings. The lowest BCUT2D eigenvalue weighted by molar-refractivity contribution is 0.0940. The molecule has 0 bridgehead atoms. The second-order valence-electron chi connectivity index (χ2n) is 6.64. The first kappa shape index (κ1) is 18.0. The number of carbonyl (C=O) groups excluding carboxylic acids is 1. The van der Waals surface area contributed by atoms with Crippen molar-refractivity contribution in [2.45, 2.75) is 33.7 Å². The molecule has 0 saturated carbocycles. The molecule has 1 atom stereocenters. The van der Waals surface area contributed by atoms with Gasteiger partial charge in [0, 0.05) is 41.9 Å². The van der Waals surface area contributed by atoms with Gasteiger partial charge in [-0.05, 0) is 45.9 Å². The van der Waals surface area contributed by atoms with Crippen molar-refractivity contribution in [1.82, 2.24) is 19.7 Å². The molecule has 0 aliphatic carbocycles. The number of ether oxygens (including phenoxy) is 1. The SMILES string of the molecule is CCOc1ccc2c(c1)c(C(=O)NC(C)c1cnn(C)c1C)c(C)n2C. The Morgan fingerprint density at radius 3 is 2.62 bits per heavy atom. The van der Waals surface area contributed by atoms with E-state index >= 15 is 0 Å². The molecular weight excluding hydrogens is 328 g/mol. The van der Waals surface area contributed by atoms with E-state index < -0.39 is 0 Å². The van der Waals surface area contributed by atoms with Crippen LogP contribution in [0.25, 0.3) is 10.9 Å². The lowest BCUT2D eigenvalue weighted by Gasteiger charge is -2.14. The Labute approximate surface area is 153 Å². The summed E-state index contributed by atoms with van der Waals surface area (Å²) >= 11 is 0. The van der Waals surface area contributed by atoms with Crippen LogP contribution >= 0.6 is 0 Å². The molecule has 2 heterocycles. The Bertz CT molecular complexity index is 968. The minimum Gasteiger partial charge on any atom is -0.494 e. The van der Waals surface area contributed by atoms with Gasteiger partial charge < -0.3 is 14.6 Å². The zero-order chi connectivity index (χ0) is 19.0. The molecule has 1 unspecified atom stereocenters. The summed E-state index contributed by atoms with van der Waals surface area (Å²) in [6.45, 7) is 8.49. The molecule has 0 radical (unpaired) electrons. The first-order valence-electron chi connectivity index (χ1n) is 8.86. The average molecular weight is 354 g/mol. The van der Waals surface area contributed by atoms with Gasteiger partial charge in [-0.2, -0.15) is 5.10 Å². The quantitative estimate of drug-likeness (QED) is 0.764. The summed E-state index contributed by atoms with van der Waals surface area (Å²) in [6.07, 6.45) is 1.81. The van der Waals surface area contributed by atoms with E-state index in [0.29, 0.717) is 12.2 Å². The predicted molar refractivity (Wildman–Crippen MR) is 103 cm³/mol. The van der Waals surface area contributed by atoms with Gasteiger partial charge in [0.25, 0.3) is 5.91 Å². The molecule has 6 heteroatoms. The fraction of sp³-hybridized carbons (Fsp3) is 0.400. The molecule has 138 valence electrons. The van der Waals surface area contributed by atoms with Crippen molar-refractivity contribution < 1.29 is 9.53 Å². The van der Waals surface area contributed by atoms with Crippen molar-refractivity contribution >= 4 is 16.8 Å². The Kier molecular flexibility index (Phi) is 4.76. The number of benzene rings is 1. The second-order valence-corrected chi connectivity index (χ2v) is 6.64. The van der Waals surface area contributed by atoms with Crippen molar-refractivity contribution in [1.29, 1.82) is 0 Å². The van der Waals surface area contributed by atoms with Crippen LogP contribution in [0.1, 0.15) is 47.2 Å². The third-order valence-electron chi connectivity index (χ3n) is 5.09. The summed E-state index contributed by atoms with van der Waals surface area (Å²) in [5.41, 5.74) is 4.71. The van der Waals surface area contributed by atoms with E-state index in [0.717, 1.165) is 33.6 Å². The molecular formula is C20H26N4O2. The van der Waals surface area contributed by atoms with Crippen LogP contribution in [0.15, 0.2) is 24.4 Å². The Hall–Kier alpha value is -2.76. The van der Waals surface area contributed by atoms with E-state index in [1.54, 1.807) is 0 Å². The van der Waals surface area contributed by atoms with E-state index in [2.05, 4.69) is 10.4 Å². The summed E-state index contributed by atoms with van der Waals surface area (Å²) in [7, 11) is 3.88. The van der Waals surface area contributed by atoms with Crippen molar-refractivity contribution in [3.63, 3.8) is 0 Å². The molecule has 3 rings (SSSR count). The Morgan fingerprint density at radius 1 is 1.27 bits per heavy atom. The molecule has 6 nitrogen and oxygen atoms in total. The van der Waals surface area contributed by atoms with E-state index in [4.69, 9.17) is 4.74 Å². The summed E-state index contributed by atoms with van der Waals surface area (Å²) in [4.78, 5) is 13.1. The highest BCUT2D eigenvalue weighted by Gasteiger charge is 2.22. The number of aryl methyl sites for hydroxylation is 2. The first-order chi connectivity index (χ1) is 12.3. The Morgan fingerprint density at radius 2 is 2.00 bits per heavy atom. The highest BCUT2D eigenvalue weighted by atomic mass is 16.5. The number of nitrogens with one attached hydrogen (secondary N) is 1. The molecule has 3 aromatic rings. The lowest BCUT2D eigenvalue weighted by Crippen LogP contribution is -2.27. The molecule has 2 aromatic heterocycles. The zero-order valence-electron chi connectivity index (χ0n) is 16.3. The maximum Gasteiger partial charge on any atom is 0.254 e. The monoisotopic (exact) mass is 354 g/mol. The highest BCUT2D eigenvalue weighted by molar-refractivity contribution is 6.08. The minimum atomic E-state index is -0.124. The van der Waals surface area contributed by atoms with Gasteiger partial charge in [0.2, 0.25) is 0 Å². The van der Waals surface area contributed by atoms with Crippen LogP contribution in [0.2, 0.25) is 0 Å². The van der Waals surface area contributed by atoms with Gasteiger partial charge in [-0.3, -0.25) is 9.48 Å². The van der Waals surface area contributed by atoms with Crippen LogP contribution in [0.4, 0.5) is 0 Å². The van der Waals surface area contributed by atoms with E-state index in [1.165, 1.54) is 0 Å². The third-order valence-corrected chi connectivity index (χ3v) is 5.09. The molecule has 1 amide bonds. The first-order valence-corrected chi connectivity index (χ1v) is 8.86. The van der Waals surface area contributed by atoms with Gasteiger partial charge in [0.15, 0.2) is 0 Å². The van der Waals surface area contributed by atoms with Gasteiger partial charge in [0.1, 0.15) is 5.75 Å². The number of rotatable bonds is 5. The van der Waals surface area contributed by atoms with Crippen molar-refractivity contribution in [3.05, 3.63) is 46.9 Å². The predicted octanol–water partition coefficient (Wildman–Crippen LogP) is 3.42. The molecule has 0 aliphatic heterocycles. The summed E-state index contributed by atoms with van der Waals surface area (Å²) in [5, 5.41) is 8.29. The largest absolute Gasteiger partial charge is 0.494 e. The number of hydrogen-bond donors (Lipinski definition) is 1. The fourth-order valence-electron chi connectivity index (χ4n) is 3.38. The van der Waals surface area contributed by atoms with E-state index in [1.807, 2.05) is 75.4 Å². The summed E-state index contributed by atoms with van der Waals surface area (Å²) < 4.78 is 9.47. The van der Waals surface area contributed by atoms with Crippen LogP contribution in [-0.4, -0.2) is 26.9 Å². The second kappa shape index (κ2) is 6.86. The number of hydrogen-bond acceptors (Lipinski definition) is 3. The lowest BCUT2D eigenvalue weighted by atomic mass is 10.1. The van der Waals surface area contributed by atoms with E-state index in [-0.39, 0.29) is 11.9 Å². The van der Waals surface area contributed by atoms with Crippen LogP contribution in [0.5, 0.6) is 5.75 Å². The van der Waals surface area contributed by atoms with Crippen molar-refractivity contribution in [3.8, 4) is 5.75 Å². The number of aromatic nitrogens is 3. The van der Waals surface area contributed by atoms with Gasteiger partial charge in [-0.15, -0.1) is 0 Å². The molecule has 26 heavy (non-hydrogen) atoms.